The quantitative estimate of drug-likeness (QED) is 0.0526. The Bertz CT molecular complexity index is 1990. The molecule has 0 aliphatic rings. The number of aldehydes is 1. The molecule has 0 saturated carbocycles. The molecular weight excluding hydrogens is 692 g/mol. The van der Waals surface area contributed by atoms with Crippen LogP contribution in [-0.4, -0.2) is 41.3 Å². The van der Waals surface area contributed by atoms with E-state index in [1.807, 2.05) is 6.92 Å². The summed E-state index contributed by atoms with van der Waals surface area (Å²) in [6.45, 7) is 3.06. The number of nitrogens with two attached hydrogens (primary N) is 3. The first-order valence-electron chi connectivity index (χ1n) is 15.6. The van der Waals surface area contributed by atoms with Crippen LogP contribution in [0.25, 0.3) is 22.4 Å². The number of nitrogens with zero attached hydrogens (tertiary/aromatic N) is 3. The minimum atomic E-state index is -4.48. The molecule has 0 radical (unpaired) electrons. The molecule has 0 fully saturated rings. The third-order valence-electron chi connectivity index (χ3n) is 6.86. The number of alkyl halides is 6. The number of aliphatic imine (C=N–C) groups is 1. The van der Waals surface area contributed by atoms with Crippen LogP contribution in [0.2, 0.25) is 0 Å². The first kappa shape index (κ1) is 40.5. The van der Waals surface area contributed by atoms with Crippen molar-refractivity contribution in [2.75, 3.05) is 13.6 Å². The van der Waals surface area contributed by atoms with Crippen molar-refractivity contribution in [1.82, 2.24) is 14.9 Å². The van der Waals surface area contributed by atoms with Gasteiger partial charge < -0.3 is 31.8 Å². The van der Waals surface area contributed by atoms with Crippen molar-refractivity contribution in [3.8, 4) is 22.9 Å². The van der Waals surface area contributed by atoms with E-state index in [9.17, 15) is 35.9 Å². The maximum atomic E-state index is 13.0. The zero-order valence-corrected chi connectivity index (χ0v) is 28.1. The Morgan fingerprint density at radius 2 is 1.48 bits per heavy atom. The van der Waals surface area contributed by atoms with Crippen LogP contribution in [0.5, 0.6) is 11.5 Å². The first-order valence-corrected chi connectivity index (χ1v) is 15.6. The summed E-state index contributed by atoms with van der Waals surface area (Å²) < 4.78 is 82.7. The molecule has 0 unspecified atom stereocenters. The van der Waals surface area contributed by atoms with Gasteiger partial charge in [-0.25, -0.2) is 4.98 Å². The number of amides is 1. The van der Waals surface area contributed by atoms with Crippen LogP contribution in [0.1, 0.15) is 40.4 Å². The summed E-state index contributed by atoms with van der Waals surface area (Å²) in [4.78, 5) is 31.0. The number of carbonyl (C=O) groups is 2. The van der Waals surface area contributed by atoms with E-state index in [1.165, 1.54) is 18.2 Å². The van der Waals surface area contributed by atoms with Gasteiger partial charge in [0, 0.05) is 24.2 Å². The largest absolute Gasteiger partial charge is 0.457 e. The minimum absolute atomic E-state index is 0.0261. The van der Waals surface area contributed by atoms with Gasteiger partial charge in [-0.15, -0.1) is 0 Å². The molecule has 0 bridgehead atoms. The van der Waals surface area contributed by atoms with Gasteiger partial charge in [0.2, 0.25) is 5.91 Å². The van der Waals surface area contributed by atoms with Gasteiger partial charge in [-0.1, -0.05) is 43.3 Å². The van der Waals surface area contributed by atoms with E-state index in [4.69, 9.17) is 21.9 Å². The van der Waals surface area contributed by atoms with E-state index in [2.05, 4.69) is 15.3 Å². The maximum Gasteiger partial charge on any atom is 0.416 e. The number of aromatic nitrogens is 2. The van der Waals surface area contributed by atoms with Crippen molar-refractivity contribution in [3.63, 3.8) is 0 Å². The smallest absolute Gasteiger partial charge is 0.416 e. The summed E-state index contributed by atoms with van der Waals surface area (Å²) in [5.74, 6) is 0.311. The van der Waals surface area contributed by atoms with Crippen LogP contribution in [-0.2, 0) is 30.2 Å². The number of guanidine groups is 1. The van der Waals surface area contributed by atoms with Gasteiger partial charge in [0.25, 0.3) is 0 Å². The molecule has 52 heavy (non-hydrogen) atoms. The average molecular weight is 730 g/mol. The van der Waals surface area contributed by atoms with Crippen molar-refractivity contribution in [2.45, 2.75) is 38.8 Å². The molecule has 0 atom stereocenters. The minimum Gasteiger partial charge on any atom is -0.457 e. The first-order chi connectivity index (χ1) is 24.5. The predicted molar refractivity (Wildman–Crippen MR) is 186 cm³/mol. The lowest BCUT2D eigenvalue weighted by atomic mass is 10.1. The monoisotopic (exact) mass is 729 g/mol. The van der Waals surface area contributed by atoms with Crippen LogP contribution < -0.4 is 27.3 Å². The van der Waals surface area contributed by atoms with Gasteiger partial charge >= 0.3 is 12.4 Å². The molecule has 16 heteroatoms. The van der Waals surface area contributed by atoms with E-state index in [0.717, 1.165) is 37.2 Å². The van der Waals surface area contributed by atoms with Gasteiger partial charge in [-0.3, -0.25) is 14.6 Å². The number of hydrogen-bond acceptors (Lipinski definition) is 6. The molecule has 1 heterocycles. The molecule has 0 aliphatic heterocycles. The van der Waals surface area contributed by atoms with Crippen molar-refractivity contribution in [1.29, 1.82) is 0 Å². The highest BCUT2D eigenvalue weighted by Crippen LogP contribution is 2.34. The highest BCUT2D eigenvalue weighted by atomic mass is 19.4. The second kappa shape index (κ2) is 18.4. The van der Waals surface area contributed by atoms with Crippen molar-refractivity contribution in [3.05, 3.63) is 113 Å². The van der Waals surface area contributed by atoms with Crippen LogP contribution >= 0.6 is 0 Å². The number of halogens is 6. The third-order valence-corrected chi connectivity index (χ3v) is 6.86. The normalized spacial score (nSPS) is 11.1. The second-order valence-electron chi connectivity index (χ2n) is 11.0. The van der Waals surface area contributed by atoms with Gasteiger partial charge in [0.05, 0.1) is 22.2 Å². The number of carbonyl (C=O) groups excluding carboxylic acids is 2. The van der Waals surface area contributed by atoms with Crippen LogP contribution in [0.4, 0.5) is 26.3 Å². The SMILES string of the molecule is CCCN=C(N)N.CNCc1cccc(C(F)(F)F)c1.NC(=O)Cn1c(-c2cccc(Oc3cccc(C(F)(F)F)c3)c2)nc2cc(C=O)ccc21. The standard InChI is InChI=1S/C23H16F3N3O3.C9H10F3N.C4H11N3/c24-23(25,26)16-4-2-6-18(11-16)32-17-5-1-3-15(10-17)22-28-19-9-14(13-30)7-8-20(19)29(22)12-21(27)31;1-13-6-7-3-2-4-8(5-7)9(10,11)12;1-2-3-7-4(5)6/h1-11,13H,12H2,(H2,27,31);2-5,13H,6H2,1H3;2-3H2,1H3,(H4,5,6,7). The highest BCUT2D eigenvalue weighted by molar-refractivity contribution is 5.88. The number of nitrogens with one attached hydrogen (secondary N) is 1. The Kier molecular flexibility index (Phi) is 14.3. The predicted octanol–water partition coefficient (Wildman–Crippen LogP) is 6.91. The van der Waals surface area contributed by atoms with Gasteiger partial charge in [0.15, 0.2) is 5.96 Å². The van der Waals surface area contributed by atoms with E-state index < -0.39 is 29.4 Å². The number of benzene rings is 4. The number of imidazole rings is 1. The van der Waals surface area contributed by atoms with Crippen molar-refractivity contribution >= 4 is 29.2 Å². The van der Waals surface area contributed by atoms with Gasteiger partial charge in [0.1, 0.15) is 30.2 Å². The van der Waals surface area contributed by atoms with Crippen molar-refractivity contribution in [2.24, 2.45) is 22.2 Å². The van der Waals surface area contributed by atoms with E-state index in [1.54, 1.807) is 60.1 Å². The second-order valence-corrected chi connectivity index (χ2v) is 11.0. The zero-order chi connectivity index (χ0) is 38.5. The van der Waals surface area contributed by atoms with E-state index >= 15 is 0 Å². The number of hydrogen-bond donors (Lipinski definition) is 4. The Morgan fingerprint density at radius 3 is 2.04 bits per heavy atom. The molecule has 10 nitrogen and oxygen atoms in total. The molecular formula is C36H37F6N7O3. The number of rotatable bonds is 10. The molecule has 4 aromatic carbocycles. The number of ether oxygens (including phenoxy) is 1. The Morgan fingerprint density at radius 1 is 0.865 bits per heavy atom. The number of fused-ring (bicyclic) bond motifs is 1. The van der Waals surface area contributed by atoms with Crippen LogP contribution in [0.15, 0.2) is 96.0 Å². The van der Waals surface area contributed by atoms with E-state index in [0.29, 0.717) is 46.4 Å². The number of primary amides is 1. The molecule has 0 spiro atoms. The van der Waals surface area contributed by atoms with Crippen LogP contribution in [0, 0.1) is 0 Å². The summed E-state index contributed by atoms with van der Waals surface area (Å²) >= 11 is 0. The highest BCUT2D eigenvalue weighted by Gasteiger charge is 2.31. The Hall–Kier alpha value is -5.90. The summed E-state index contributed by atoms with van der Waals surface area (Å²) in [5.41, 5.74) is 16.7. The molecule has 5 rings (SSSR count). The molecule has 276 valence electrons. The topological polar surface area (TPSA) is 164 Å². The summed E-state index contributed by atoms with van der Waals surface area (Å²) in [6.07, 6.45) is -7.04. The third kappa shape index (κ3) is 12.2. The Balaban J connectivity index is 0.000000299. The molecule has 1 amide bonds. The average Bonchev–Trinajstić information content (AvgIpc) is 3.44. The summed E-state index contributed by atoms with van der Waals surface area (Å²) in [7, 11) is 1.69. The van der Waals surface area contributed by atoms with Crippen molar-refractivity contribution < 1.29 is 40.7 Å². The van der Waals surface area contributed by atoms with Crippen LogP contribution in [0.3, 0.4) is 0 Å². The summed E-state index contributed by atoms with van der Waals surface area (Å²) in [6, 6.07) is 21.3. The fourth-order valence-electron chi connectivity index (χ4n) is 4.63. The fourth-order valence-corrected chi connectivity index (χ4v) is 4.63. The summed E-state index contributed by atoms with van der Waals surface area (Å²) in [5, 5.41) is 2.80. The Labute approximate surface area is 295 Å². The van der Waals surface area contributed by atoms with Gasteiger partial charge in [-0.05, 0) is 73.6 Å². The lowest BCUT2D eigenvalue weighted by Gasteiger charge is -2.11. The lowest BCUT2D eigenvalue weighted by Crippen LogP contribution is -2.22. The molecule has 1 aromatic heterocycles. The fraction of sp³-hybridized carbons (Fsp3) is 0.222. The maximum absolute atomic E-state index is 13.0. The molecule has 0 aliphatic carbocycles. The van der Waals surface area contributed by atoms with E-state index in [-0.39, 0.29) is 24.0 Å². The van der Waals surface area contributed by atoms with Gasteiger partial charge in [-0.2, -0.15) is 26.3 Å². The molecule has 7 N–H and O–H groups in total. The zero-order valence-electron chi connectivity index (χ0n) is 28.1. The molecule has 0 saturated heterocycles. The lowest BCUT2D eigenvalue weighted by molar-refractivity contribution is -0.138. The molecule has 5 aromatic rings.